The number of halogens is 3. The lowest BCUT2D eigenvalue weighted by atomic mass is 9.97. The van der Waals surface area contributed by atoms with Crippen LogP contribution in [0.5, 0.6) is 11.8 Å². The Hall–Kier alpha value is -3.93. The summed E-state index contributed by atoms with van der Waals surface area (Å²) in [6.45, 7) is 7.98. The fourth-order valence-electron chi connectivity index (χ4n) is 4.39. The third-order valence-electron chi connectivity index (χ3n) is 6.67. The van der Waals surface area contributed by atoms with Gasteiger partial charge >= 0.3 is 12.2 Å². The normalized spacial score (nSPS) is 18.4. The third kappa shape index (κ3) is 4.31. The van der Waals surface area contributed by atoms with E-state index in [1.807, 2.05) is 0 Å². The highest BCUT2D eigenvalue weighted by molar-refractivity contribution is 6.04. The number of nitrogens with zero attached hydrogens (tertiary/aromatic N) is 5. The van der Waals surface area contributed by atoms with Crippen LogP contribution in [-0.2, 0) is 11.0 Å². The Morgan fingerprint density at radius 2 is 1.84 bits per heavy atom. The zero-order valence-electron chi connectivity index (χ0n) is 20.5. The van der Waals surface area contributed by atoms with Gasteiger partial charge in [0.25, 0.3) is 0 Å². The molecule has 9 nitrogen and oxygen atoms in total. The van der Waals surface area contributed by atoms with E-state index < -0.39 is 29.0 Å². The first kappa shape index (κ1) is 24.8. The van der Waals surface area contributed by atoms with Crippen LogP contribution in [0.25, 0.3) is 16.6 Å². The number of anilines is 2. The molecule has 12 heteroatoms. The first-order valence-corrected chi connectivity index (χ1v) is 11.6. The van der Waals surface area contributed by atoms with Crippen LogP contribution in [0.3, 0.4) is 0 Å². The van der Waals surface area contributed by atoms with Crippen LogP contribution in [0, 0.1) is 0 Å². The van der Waals surface area contributed by atoms with Crippen molar-refractivity contribution >= 4 is 34.1 Å². The molecule has 0 saturated carbocycles. The highest BCUT2D eigenvalue weighted by atomic mass is 19.4. The van der Waals surface area contributed by atoms with E-state index in [1.54, 1.807) is 50.1 Å². The van der Waals surface area contributed by atoms with E-state index in [1.165, 1.54) is 6.20 Å². The molecule has 2 aromatic heterocycles. The minimum absolute atomic E-state index is 0.0442. The van der Waals surface area contributed by atoms with Crippen LogP contribution in [0.4, 0.5) is 24.8 Å². The van der Waals surface area contributed by atoms with E-state index in [-0.39, 0.29) is 48.2 Å². The third-order valence-corrected chi connectivity index (χ3v) is 6.67. The summed E-state index contributed by atoms with van der Waals surface area (Å²) in [5.74, 6) is -0.668. The van der Waals surface area contributed by atoms with Crippen LogP contribution >= 0.6 is 0 Å². The van der Waals surface area contributed by atoms with E-state index in [0.717, 1.165) is 4.90 Å². The highest BCUT2D eigenvalue weighted by Crippen LogP contribution is 2.44. The molecule has 0 unspecified atom stereocenters. The van der Waals surface area contributed by atoms with Gasteiger partial charge in [-0.2, -0.15) is 23.1 Å². The van der Waals surface area contributed by atoms with Crippen molar-refractivity contribution in [3.8, 4) is 11.8 Å². The zero-order chi connectivity index (χ0) is 26.5. The molecule has 37 heavy (non-hydrogen) atoms. The smallest absolute Gasteiger partial charge is 0.420 e. The van der Waals surface area contributed by atoms with Crippen LogP contribution in [-0.4, -0.2) is 64.6 Å². The summed E-state index contributed by atoms with van der Waals surface area (Å²) in [7, 11) is 1.75. The summed E-state index contributed by atoms with van der Waals surface area (Å²) in [5, 5.41) is 2.57. The van der Waals surface area contributed by atoms with E-state index in [0.29, 0.717) is 17.9 Å². The predicted octanol–water partition coefficient (Wildman–Crippen LogP) is 3.95. The van der Waals surface area contributed by atoms with Gasteiger partial charge in [0.05, 0.1) is 22.6 Å². The van der Waals surface area contributed by atoms with E-state index in [4.69, 9.17) is 9.47 Å². The number of carbonyl (C=O) groups excluding carboxylic acids is 1. The minimum Gasteiger partial charge on any atom is -0.489 e. The van der Waals surface area contributed by atoms with Gasteiger partial charge in [-0.1, -0.05) is 18.7 Å². The molecule has 0 spiro atoms. The first-order valence-electron chi connectivity index (χ1n) is 11.6. The number of amides is 1. The number of carbonyl (C=O) groups is 1. The molecule has 4 heterocycles. The summed E-state index contributed by atoms with van der Waals surface area (Å²) in [4.78, 5) is 28.7. The van der Waals surface area contributed by atoms with Gasteiger partial charge in [0.1, 0.15) is 36.2 Å². The van der Waals surface area contributed by atoms with Crippen LogP contribution in [0.1, 0.15) is 25.0 Å². The molecule has 0 radical (unpaired) electrons. The molecule has 2 bridgehead atoms. The Bertz CT molecular complexity index is 1410. The molecular weight excluding hydrogens is 489 g/mol. The van der Waals surface area contributed by atoms with Gasteiger partial charge in [-0.15, -0.1) is 0 Å². The fourth-order valence-corrected chi connectivity index (χ4v) is 4.39. The van der Waals surface area contributed by atoms with Crippen LogP contribution < -0.4 is 19.7 Å². The SMILES string of the molecule is C=C1Nc2nc(nc3cnc(N4CCN(C)C(C)(C)C4=O)c(C(F)(F)F)c23)OCCOc2ccccc21. The molecular formula is C25H25F3N6O3. The standard InChI is InChI=1S/C25H25F3N6O3/c1-14-15-7-5-6-8-17(15)36-11-12-37-23-31-16-13-29-21(34-10-9-33(4)24(2,3)22(34)35)19(25(26,27)28)18(16)20(30-14)32-23/h5-8,13H,1,9-12H2,2-4H3,(H,30,31,32). The molecule has 1 amide bonds. The lowest BCUT2D eigenvalue weighted by Crippen LogP contribution is -2.62. The van der Waals surface area contributed by atoms with Gasteiger partial charge in [0.2, 0.25) is 5.91 Å². The Labute approximate surface area is 210 Å². The topological polar surface area (TPSA) is 92.7 Å². The fraction of sp³-hybridized carbons (Fsp3) is 0.360. The number of nitrogens with one attached hydrogen (secondary N) is 1. The largest absolute Gasteiger partial charge is 0.489 e. The number of para-hydroxylation sites is 1. The van der Waals surface area contributed by atoms with Crippen molar-refractivity contribution in [2.24, 2.45) is 0 Å². The number of fused-ring (bicyclic) bond motifs is 5. The number of hydrogen-bond donors (Lipinski definition) is 1. The number of benzene rings is 1. The van der Waals surface area contributed by atoms with Crippen LogP contribution in [0.15, 0.2) is 37.0 Å². The van der Waals surface area contributed by atoms with Crippen molar-refractivity contribution in [2.45, 2.75) is 25.6 Å². The quantitative estimate of drug-likeness (QED) is 0.522. The second kappa shape index (κ2) is 8.87. The number of hydrogen-bond acceptors (Lipinski definition) is 8. The van der Waals surface area contributed by atoms with Gasteiger partial charge in [-0.05, 0) is 33.0 Å². The molecule has 1 N–H and O–H groups in total. The molecule has 2 aliphatic heterocycles. The summed E-state index contributed by atoms with van der Waals surface area (Å²) in [6, 6.07) is 6.85. The maximum Gasteiger partial charge on any atom is 0.420 e. The van der Waals surface area contributed by atoms with Crippen molar-refractivity contribution in [2.75, 3.05) is 43.6 Å². The molecule has 5 rings (SSSR count). The van der Waals surface area contributed by atoms with Crippen LogP contribution in [0.2, 0.25) is 0 Å². The van der Waals surface area contributed by atoms with Gasteiger partial charge in [0, 0.05) is 24.4 Å². The van der Waals surface area contributed by atoms with Crippen molar-refractivity contribution in [3.63, 3.8) is 0 Å². The Kier molecular flexibility index (Phi) is 5.94. The van der Waals surface area contributed by atoms with Crippen molar-refractivity contribution in [1.82, 2.24) is 19.9 Å². The van der Waals surface area contributed by atoms with E-state index in [2.05, 4.69) is 26.8 Å². The number of aromatic nitrogens is 3. The van der Waals surface area contributed by atoms with Gasteiger partial charge in [0.15, 0.2) is 0 Å². The summed E-state index contributed by atoms with van der Waals surface area (Å²) in [6.07, 6.45) is -3.68. The van der Waals surface area contributed by atoms with E-state index in [9.17, 15) is 18.0 Å². The molecule has 2 aliphatic rings. The molecule has 194 valence electrons. The summed E-state index contributed by atoms with van der Waals surface area (Å²) < 4.78 is 55.6. The Morgan fingerprint density at radius 3 is 2.59 bits per heavy atom. The molecule has 1 aromatic carbocycles. The summed E-state index contributed by atoms with van der Waals surface area (Å²) in [5.41, 5.74) is -1.39. The molecule has 0 aliphatic carbocycles. The van der Waals surface area contributed by atoms with Crippen molar-refractivity contribution < 1.29 is 27.4 Å². The second-order valence-corrected chi connectivity index (χ2v) is 9.30. The Morgan fingerprint density at radius 1 is 1.11 bits per heavy atom. The molecule has 0 atom stereocenters. The number of likely N-dealkylation sites (N-methyl/N-ethyl adjacent to an activating group) is 1. The second-order valence-electron chi connectivity index (χ2n) is 9.30. The molecule has 1 saturated heterocycles. The van der Waals surface area contributed by atoms with Crippen molar-refractivity contribution in [1.29, 1.82) is 0 Å². The highest BCUT2D eigenvalue weighted by Gasteiger charge is 2.46. The number of alkyl halides is 3. The number of pyridine rings is 1. The monoisotopic (exact) mass is 514 g/mol. The minimum atomic E-state index is -4.88. The predicted molar refractivity (Wildman–Crippen MR) is 131 cm³/mol. The van der Waals surface area contributed by atoms with Crippen molar-refractivity contribution in [3.05, 3.63) is 48.2 Å². The van der Waals surface area contributed by atoms with E-state index >= 15 is 0 Å². The zero-order valence-corrected chi connectivity index (χ0v) is 20.5. The lowest BCUT2D eigenvalue weighted by Gasteiger charge is -2.44. The maximum absolute atomic E-state index is 14.7. The molecule has 1 fully saturated rings. The number of rotatable bonds is 1. The maximum atomic E-state index is 14.7. The summed E-state index contributed by atoms with van der Waals surface area (Å²) >= 11 is 0. The average molecular weight is 515 g/mol. The van der Waals surface area contributed by atoms with Gasteiger partial charge in [-0.25, -0.2) is 4.98 Å². The average Bonchev–Trinajstić information content (AvgIpc) is 2.86. The van der Waals surface area contributed by atoms with Gasteiger partial charge in [-0.3, -0.25) is 14.6 Å². The van der Waals surface area contributed by atoms with Gasteiger partial charge < -0.3 is 14.8 Å². The number of ether oxygens (including phenoxy) is 2. The Balaban J connectivity index is 1.73. The lowest BCUT2D eigenvalue weighted by molar-refractivity contribution is -0.136. The first-order chi connectivity index (χ1) is 17.5. The molecule has 3 aromatic rings. The number of piperazine rings is 1.